The average Bonchev–Trinajstić information content (AvgIpc) is 3.08. The van der Waals surface area contributed by atoms with Crippen molar-refractivity contribution in [1.29, 1.82) is 0 Å². The summed E-state index contributed by atoms with van der Waals surface area (Å²) >= 11 is 0. The summed E-state index contributed by atoms with van der Waals surface area (Å²) in [5.74, 6) is 1.62. The van der Waals surface area contributed by atoms with Gasteiger partial charge in [0.15, 0.2) is 11.5 Å². The van der Waals surface area contributed by atoms with Crippen molar-refractivity contribution in [2.45, 2.75) is 33.6 Å². The second-order valence-corrected chi connectivity index (χ2v) is 7.65. The number of hydrogen-bond acceptors (Lipinski definition) is 4. The van der Waals surface area contributed by atoms with E-state index in [1.807, 2.05) is 39.0 Å². The van der Waals surface area contributed by atoms with Gasteiger partial charge in [-0.25, -0.2) is 0 Å². The van der Waals surface area contributed by atoms with Crippen LogP contribution in [0.5, 0.6) is 11.5 Å². The third kappa shape index (κ3) is 3.80. The summed E-state index contributed by atoms with van der Waals surface area (Å²) < 4.78 is 10.7. The molecule has 0 unspecified atom stereocenters. The van der Waals surface area contributed by atoms with Gasteiger partial charge >= 0.3 is 0 Å². The highest BCUT2D eigenvalue weighted by Crippen LogP contribution is 2.37. The highest BCUT2D eigenvalue weighted by atomic mass is 16.7. The minimum Gasteiger partial charge on any atom is -0.454 e. The summed E-state index contributed by atoms with van der Waals surface area (Å²) in [5, 5.41) is 2.95. The lowest BCUT2D eigenvalue weighted by molar-refractivity contribution is -0.123. The van der Waals surface area contributed by atoms with Crippen LogP contribution in [0.4, 0.5) is 5.69 Å². The molecule has 6 heteroatoms. The third-order valence-electron chi connectivity index (χ3n) is 4.15. The first-order valence-electron chi connectivity index (χ1n) is 8.28. The van der Waals surface area contributed by atoms with E-state index in [0.717, 1.165) is 5.69 Å². The smallest absolute Gasteiger partial charge is 0.231 e. The summed E-state index contributed by atoms with van der Waals surface area (Å²) in [6.45, 7) is 7.46. The summed E-state index contributed by atoms with van der Waals surface area (Å²) in [4.78, 5) is 26.0. The number of carbonyl (C=O) groups excluding carboxylic acids is 2. The maximum Gasteiger partial charge on any atom is 0.231 e. The zero-order valence-corrected chi connectivity index (χ0v) is 14.4. The summed E-state index contributed by atoms with van der Waals surface area (Å²) in [5.41, 5.74) is 0.779. The molecule has 2 heterocycles. The maximum absolute atomic E-state index is 12.3. The molecule has 130 valence electrons. The zero-order chi connectivity index (χ0) is 17.3. The Labute approximate surface area is 142 Å². The number of hydrogen-bond donors (Lipinski definition) is 1. The fourth-order valence-electron chi connectivity index (χ4n) is 3.02. The van der Waals surface area contributed by atoms with Crippen molar-refractivity contribution in [2.75, 3.05) is 24.8 Å². The second-order valence-electron chi connectivity index (χ2n) is 7.65. The van der Waals surface area contributed by atoms with Gasteiger partial charge in [-0.3, -0.25) is 9.59 Å². The Morgan fingerprint density at radius 1 is 1.29 bits per heavy atom. The van der Waals surface area contributed by atoms with Crippen LogP contribution in [0, 0.1) is 11.3 Å². The Morgan fingerprint density at radius 3 is 2.79 bits per heavy atom. The first kappa shape index (κ1) is 16.6. The molecule has 0 aromatic heterocycles. The molecular formula is C18H24N2O4. The summed E-state index contributed by atoms with van der Waals surface area (Å²) in [6, 6.07) is 5.52. The number of amides is 2. The van der Waals surface area contributed by atoms with E-state index in [9.17, 15) is 9.59 Å². The molecule has 3 rings (SSSR count). The van der Waals surface area contributed by atoms with Gasteiger partial charge in [-0.1, -0.05) is 20.8 Å². The van der Waals surface area contributed by atoms with Crippen LogP contribution in [0.3, 0.4) is 0 Å². The Kier molecular flexibility index (Phi) is 4.39. The molecule has 2 amide bonds. The number of anilines is 1. The van der Waals surface area contributed by atoms with Crippen molar-refractivity contribution in [3.63, 3.8) is 0 Å². The normalized spacial score (nSPS) is 19.7. The lowest BCUT2D eigenvalue weighted by atomic mass is 9.92. The predicted octanol–water partition coefficient (Wildman–Crippen LogP) is 2.32. The minimum atomic E-state index is -0.0336. The number of ether oxygens (including phenoxy) is 2. The van der Waals surface area contributed by atoms with Gasteiger partial charge in [0.2, 0.25) is 18.6 Å². The number of nitrogens with zero attached hydrogens (tertiary/aromatic N) is 1. The van der Waals surface area contributed by atoms with Gasteiger partial charge in [-0.15, -0.1) is 0 Å². The van der Waals surface area contributed by atoms with Crippen LogP contribution in [0.1, 0.15) is 33.6 Å². The van der Waals surface area contributed by atoms with Gasteiger partial charge in [0.1, 0.15) is 0 Å². The van der Waals surface area contributed by atoms with E-state index >= 15 is 0 Å². The van der Waals surface area contributed by atoms with Gasteiger partial charge in [0, 0.05) is 43.6 Å². The molecule has 1 atom stereocenters. The Hall–Kier alpha value is -2.24. The first-order chi connectivity index (χ1) is 11.3. The fourth-order valence-corrected chi connectivity index (χ4v) is 3.02. The SMILES string of the molecule is CC(C)(C)CC(=O)NC[C@H]1CC(=O)N(c2ccc3c(c2)OCO3)C1. The molecule has 24 heavy (non-hydrogen) atoms. The molecule has 1 aromatic rings. The molecule has 1 aromatic carbocycles. The summed E-state index contributed by atoms with van der Waals surface area (Å²) in [7, 11) is 0. The Morgan fingerprint density at radius 2 is 2.04 bits per heavy atom. The van der Waals surface area contributed by atoms with Crippen molar-refractivity contribution in [2.24, 2.45) is 11.3 Å². The monoisotopic (exact) mass is 332 g/mol. The fraction of sp³-hybridized carbons (Fsp3) is 0.556. The van der Waals surface area contributed by atoms with Crippen LogP contribution in [0.2, 0.25) is 0 Å². The van der Waals surface area contributed by atoms with E-state index in [0.29, 0.717) is 37.4 Å². The van der Waals surface area contributed by atoms with Crippen LogP contribution >= 0.6 is 0 Å². The highest BCUT2D eigenvalue weighted by Gasteiger charge is 2.31. The van der Waals surface area contributed by atoms with E-state index in [4.69, 9.17) is 9.47 Å². The van der Waals surface area contributed by atoms with E-state index in [2.05, 4.69) is 5.32 Å². The van der Waals surface area contributed by atoms with Crippen LogP contribution in [0.15, 0.2) is 18.2 Å². The van der Waals surface area contributed by atoms with Crippen molar-refractivity contribution in [3.05, 3.63) is 18.2 Å². The molecule has 0 radical (unpaired) electrons. The first-order valence-corrected chi connectivity index (χ1v) is 8.28. The minimum absolute atomic E-state index is 0.0336. The van der Waals surface area contributed by atoms with Gasteiger partial charge < -0.3 is 19.7 Å². The molecule has 1 N–H and O–H groups in total. The molecule has 1 saturated heterocycles. The molecule has 0 saturated carbocycles. The number of rotatable bonds is 4. The van der Waals surface area contributed by atoms with E-state index in [1.165, 1.54) is 0 Å². The number of nitrogens with one attached hydrogen (secondary N) is 1. The predicted molar refractivity (Wildman–Crippen MR) is 90.1 cm³/mol. The number of benzene rings is 1. The Bertz CT molecular complexity index is 651. The largest absolute Gasteiger partial charge is 0.454 e. The van der Waals surface area contributed by atoms with Crippen molar-refractivity contribution >= 4 is 17.5 Å². The van der Waals surface area contributed by atoms with Crippen molar-refractivity contribution in [3.8, 4) is 11.5 Å². The molecule has 0 spiro atoms. The van der Waals surface area contributed by atoms with Crippen LogP contribution in [0.25, 0.3) is 0 Å². The molecule has 2 aliphatic rings. The van der Waals surface area contributed by atoms with Crippen LogP contribution in [-0.4, -0.2) is 31.7 Å². The lowest BCUT2D eigenvalue weighted by Gasteiger charge is -2.19. The number of fused-ring (bicyclic) bond motifs is 1. The van der Waals surface area contributed by atoms with Crippen LogP contribution in [-0.2, 0) is 9.59 Å². The Balaban J connectivity index is 1.57. The number of carbonyl (C=O) groups is 2. The summed E-state index contributed by atoms with van der Waals surface area (Å²) in [6.07, 6.45) is 0.934. The standard InChI is InChI=1S/C18H24N2O4/c1-18(2,3)8-16(21)19-9-12-6-17(22)20(10-12)13-4-5-14-15(7-13)24-11-23-14/h4-5,7,12H,6,8-11H2,1-3H3,(H,19,21)/t12-/m1/s1. The van der Waals surface area contributed by atoms with E-state index in [1.54, 1.807) is 4.90 Å². The zero-order valence-electron chi connectivity index (χ0n) is 14.4. The highest BCUT2D eigenvalue weighted by molar-refractivity contribution is 5.96. The topological polar surface area (TPSA) is 67.9 Å². The van der Waals surface area contributed by atoms with Crippen LogP contribution < -0.4 is 19.7 Å². The van der Waals surface area contributed by atoms with E-state index < -0.39 is 0 Å². The molecule has 0 bridgehead atoms. The second kappa shape index (κ2) is 6.34. The van der Waals surface area contributed by atoms with Crippen molar-refractivity contribution in [1.82, 2.24) is 5.32 Å². The average molecular weight is 332 g/mol. The van der Waals surface area contributed by atoms with Gasteiger partial charge in [0.25, 0.3) is 0 Å². The molecule has 0 aliphatic carbocycles. The van der Waals surface area contributed by atoms with E-state index in [-0.39, 0.29) is 29.9 Å². The van der Waals surface area contributed by atoms with Gasteiger partial charge in [-0.05, 0) is 17.5 Å². The quantitative estimate of drug-likeness (QED) is 0.919. The van der Waals surface area contributed by atoms with Crippen molar-refractivity contribution < 1.29 is 19.1 Å². The third-order valence-corrected chi connectivity index (χ3v) is 4.15. The van der Waals surface area contributed by atoms with Gasteiger partial charge in [0.05, 0.1) is 0 Å². The lowest BCUT2D eigenvalue weighted by Crippen LogP contribution is -2.33. The van der Waals surface area contributed by atoms with Gasteiger partial charge in [-0.2, -0.15) is 0 Å². The molecular weight excluding hydrogens is 308 g/mol. The maximum atomic E-state index is 12.3. The molecule has 2 aliphatic heterocycles. The molecule has 1 fully saturated rings. The molecule has 6 nitrogen and oxygen atoms in total.